The minimum atomic E-state index is 0.737. The lowest BCUT2D eigenvalue weighted by molar-refractivity contribution is 0.476. The smallest absolute Gasteiger partial charge is 0.0171 e. The predicted octanol–water partition coefficient (Wildman–Crippen LogP) is 3.31. The first-order chi connectivity index (χ1) is 4.70. The number of allylic oxidation sites excluding steroid dienone is 2. The summed E-state index contributed by atoms with van der Waals surface area (Å²) >= 11 is 0. The SMILES string of the molecule is C=C1CCC[C@@H](C(=C)C)C1. The summed E-state index contributed by atoms with van der Waals surface area (Å²) in [7, 11) is 0. The standard InChI is InChI=1S/C10H16/c1-8(2)10-6-4-5-9(3)7-10/h10H,1,3-7H2,2H3/t10-/m1/s1. The van der Waals surface area contributed by atoms with E-state index in [4.69, 9.17) is 0 Å². The van der Waals surface area contributed by atoms with Crippen LogP contribution in [0.5, 0.6) is 0 Å². The largest absolute Gasteiger partial charge is 0.0998 e. The lowest BCUT2D eigenvalue weighted by Crippen LogP contribution is -2.08. The van der Waals surface area contributed by atoms with Crippen LogP contribution in [-0.2, 0) is 0 Å². The predicted molar refractivity (Wildman–Crippen MR) is 45.9 cm³/mol. The molecule has 1 atom stereocenters. The minimum Gasteiger partial charge on any atom is -0.0998 e. The summed E-state index contributed by atoms with van der Waals surface area (Å²) in [6.45, 7) is 10.1. The highest BCUT2D eigenvalue weighted by atomic mass is 14.2. The van der Waals surface area contributed by atoms with Crippen molar-refractivity contribution in [2.75, 3.05) is 0 Å². The molecular formula is C10H16. The van der Waals surface area contributed by atoms with Gasteiger partial charge in [-0.3, -0.25) is 0 Å². The average Bonchev–Trinajstić information content (AvgIpc) is 1.88. The topological polar surface area (TPSA) is 0 Å². The summed E-state index contributed by atoms with van der Waals surface area (Å²) in [5, 5.41) is 0. The molecule has 0 bridgehead atoms. The van der Waals surface area contributed by atoms with Crippen LogP contribution in [0.1, 0.15) is 32.6 Å². The van der Waals surface area contributed by atoms with E-state index in [1.54, 1.807) is 0 Å². The van der Waals surface area contributed by atoms with Gasteiger partial charge < -0.3 is 0 Å². The van der Waals surface area contributed by atoms with Crippen molar-refractivity contribution in [3.63, 3.8) is 0 Å². The van der Waals surface area contributed by atoms with Crippen LogP contribution in [0.15, 0.2) is 24.3 Å². The fourth-order valence-electron chi connectivity index (χ4n) is 1.57. The Balaban J connectivity index is 2.47. The molecule has 0 saturated heterocycles. The van der Waals surface area contributed by atoms with Gasteiger partial charge >= 0.3 is 0 Å². The van der Waals surface area contributed by atoms with E-state index in [2.05, 4.69) is 20.1 Å². The van der Waals surface area contributed by atoms with Gasteiger partial charge in [-0.1, -0.05) is 24.3 Å². The minimum absolute atomic E-state index is 0.737. The van der Waals surface area contributed by atoms with Crippen molar-refractivity contribution >= 4 is 0 Å². The van der Waals surface area contributed by atoms with Crippen LogP contribution in [0.3, 0.4) is 0 Å². The van der Waals surface area contributed by atoms with Crippen LogP contribution >= 0.6 is 0 Å². The van der Waals surface area contributed by atoms with E-state index in [0.717, 1.165) is 5.92 Å². The summed E-state index contributed by atoms with van der Waals surface area (Å²) in [5.74, 6) is 0.737. The molecule has 0 aromatic heterocycles. The Bertz CT molecular complexity index is 151. The van der Waals surface area contributed by atoms with Crippen molar-refractivity contribution in [2.45, 2.75) is 32.6 Å². The highest BCUT2D eigenvalue weighted by molar-refractivity contribution is 5.08. The van der Waals surface area contributed by atoms with Gasteiger partial charge in [0.15, 0.2) is 0 Å². The normalized spacial score (nSPS) is 26.5. The third kappa shape index (κ3) is 1.73. The molecule has 0 nitrogen and oxygen atoms in total. The Labute approximate surface area is 63.6 Å². The summed E-state index contributed by atoms with van der Waals surface area (Å²) in [6, 6.07) is 0. The van der Waals surface area contributed by atoms with Gasteiger partial charge in [-0.2, -0.15) is 0 Å². The van der Waals surface area contributed by atoms with Crippen LogP contribution in [0.2, 0.25) is 0 Å². The van der Waals surface area contributed by atoms with Crippen molar-refractivity contribution in [3.05, 3.63) is 24.3 Å². The molecule has 0 radical (unpaired) electrons. The average molecular weight is 136 g/mol. The van der Waals surface area contributed by atoms with Crippen LogP contribution in [0.25, 0.3) is 0 Å². The molecule has 0 spiro atoms. The van der Waals surface area contributed by atoms with E-state index in [0.29, 0.717) is 0 Å². The molecule has 56 valence electrons. The van der Waals surface area contributed by atoms with E-state index < -0.39 is 0 Å². The highest BCUT2D eigenvalue weighted by Crippen LogP contribution is 2.31. The van der Waals surface area contributed by atoms with Crippen LogP contribution < -0.4 is 0 Å². The molecule has 0 heteroatoms. The second kappa shape index (κ2) is 3.05. The van der Waals surface area contributed by atoms with E-state index in [-0.39, 0.29) is 0 Å². The number of rotatable bonds is 1. The van der Waals surface area contributed by atoms with Crippen LogP contribution in [0, 0.1) is 5.92 Å². The molecule has 1 rings (SSSR count). The quantitative estimate of drug-likeness (QED) is 0.485. The Morgan fingerprint density at radius 2 is 2.30 bits per heavy atom. The Hall–Kier alpha value is -0.520. The molecule has 0 aromatic rings. The van der Waals surface area contributed by atoms with E-state index in [1.807, 2.05) is 0 Å². The summed E-state index contributed by atoms with van der Waals surface area (Å²) in [4.78, 5) is 0. The molecule has 0 N–H and O–H groups in total. The maximum absolute atomic E-state index is 4.01. The molecule has 10 heavy (non-hydrogen) atoms. The fourth-order valence-corrected chi connectivity index (χ4v) is 1.57. The van der Waals surface area contributed by atoms with E-state index >= 15 is 0 Å². The third-order valence-corrected chi connectivity index (χ3v) is 2.31. The van der Waals surface area contributed by atoms with Gasteiger partial charge in [0.05, 0.1) is 0 Å². The third-order valence-electron chi connectivity index (χ3n) is 2.31. The summed E-state index contributed by atoms with van der Waals surface area (Å²) in [5.41, 5.74) is 2.75. The van der Waals surface area contributed by atoms with E-state index in [9.17, 15) is 0 Å². The monoisotopic (exact) mass is 136 g/mol. The Kier molecular flexibility index (Phi) is 2.31. The molecule has 1 aliphatic carbocycles. The van der Waals surface area contributed by atoms with Gasteiger partial charge in [0, 0.05) is 0 Å². The molecular weight excluding hydrogens is 120 g/mol. The maximum atomic E-state index is 4.01. The molecule has 1 fully saturated rings. The summed E-state index contributed by atoms with van der Waals surface area (Å²) in [6.07, 6.45) is 5.07. The first kappa shape index (κ1) is 7.59. The summed E-state index contributed by atoms with van der Waals surface area (Å²) < 4.78 is 0. The Morgan fingerprint density at radius 3 is 2.70 bits per heavy atom. The lowest BCUT2D eigenvalue weighted by atomic mass is 9.83. The molecule has 1 saturated carbocycles. The van der Waals surface area contributed by atoms with Gasteiger partial charge in [-0.15, -0.1) is 0 Å². The molecule has 1 aliphatic rings. The van der Waals surface area contributed by atoms with Crippen LogP contribution in [-0.4, -0.2) is 0 Å². The van der Waals surface area contributed by atoms with Gasteiger partial charge in [0.1, 0.15) is 0 Å². The van der Waals surface area contributed by atoms with Crippen molar-refractivity contribution in [2.24, 2.45) is 5.92 Å². The van der Waals surface area contributed by atoms with Crippen molar-refractivity contribution in [3.8, 4) is 0 Å². The zero-order chi connectivity index (χ0) is 7.56. The fraction of sp³-hybridized carbons (Fsp3) is 0.600. The van der Waals surface area contributed by atoms with Gasteiger partial charge in [-0.25, -0.2) is 0 Å². The van der Waals surface area contributed by atoms with E-state index in [1.165, 1.54) is 36.8 Å². The van der Waals surface area contributed by atoms with Crippen molar-refractivity contribution < 1.29 is 0 Å². The number of hydrogen-bond acceptors (Lipinski definition) is 0. The van der Waals surface area contributed by atoms with Crippen molar-refractivity contribution in [1.29, 1.82) is 0 Å². The van der Waals surface area contributed by atoms with Crippen LogP contribution in [0.4, 0.5) is 0 Å². The lowest BCUT2D eigenvalue weighted by Gasteiger charge is -2.23. The van der Waals surface area contributed by atoms with Gasteiger partial charge in [-0.05, 0) is 38.5 Å². The zero-order valence-electron chi connectivity index (χ0n) is 6.82. The van der Waals surface area contributed by atoms with Crippen molar-refractivity contribution in [1.82, 2.24) is 0 Å². The molecule has 0 amide bonds. The number of hydrogen-bond donors (Lipinski definition) is 0. The molecule has 0 aromatic carbocycles. The molecule has 0 aliphatic heterocycles. The van der Waals surface area contributed by atoms with Gasteiger partial charge in [0.25, 0.3) is 0 Å². The Morgan fingerprint density at radius 1 is 1.60 bits per heavy atom. The molecule has 0 unspecified atom stereocenters. The molecule has 0 heterocycles. The first-order valence-corrected chi connectivity index (χ1v) is 4.02. The zero-order valence-corrected chi connectivity index (χ0v) is 6.82. The second-order valence-corrected chi connectivity index (χ2v) is 3.39. The second-order valence-electron chi connectivity index (χ2n) is 3.39. The highest BCUT2D eigenvalue weighted by Gasteiger charge is 2.15. The first-order valence-electron chi connectivity index (χ1n) is 4.02. The van der Waals surface area contributed by atoms with Gasteiger partial charge in [0.2, 0.25) is 0 Å². The maximum Gasteiger partial charge on any atom is -0.0171 e.